The van der Waals surface area contributed by atoms with E-state index in [-0.39, 0.29) is 5.56 Å². The number of carboxylic acid groups (broad SMARTS) is 1. The van der Waals surface area contributed by atoms with E-state index >= 15 is 0 Å². The first-order valence-corrected chi connectivity index (χ1v) is 5.82. The molecule has 17 heavy (non-hydrogen) atoms. The van der Waals surface area contributed by atoms with Crippen LogP contribution in [0.25, 0.3) is 0 Å². The zero-order valence-electron chi connectivity index (χ0n) is 10.2. The van der Waals surface area contributed by atoms with Crippen LogP contribution >= 0.6 is 0 Å². The summed E-state index contributed by atoms with van der Waals surface area (Å²) in [5.41, 5.74) is 0.537. The van der Waals surface area contributed by atoms with Gasteiger partial charge in [-0.15, -0.1) is 0 Å². The SMILES string of the molecule is CCCN(CC)Cc1ccc(C(=O)O)c(F)c1. The van der Waals surface area contributed by atoms with Crippen molar-refractivity contribution >= 4 is 5.97 Å². The molecule has 0 aliphatic rings. The summed E-state index contributed by atoms with van der Waals surface area (Å²) in [6, 6.07) is 4.30. The lowest BCUT2D eigenvalue weighted by atomic mass is 10.1. The molecule has 0 heterocycles. The highest BCUT2D eigenvalue weighted by molar-refractivity contribution is 5.87. The van der Waals surface area contributed by atoms with Gasteiger partial charge in [0.05, 0.1) is 5.56 Å². The standard InChI is InChI=1S/C13H18FNO2/c1-3-7-15(4-2)9-10-5-6-11(13(16)17)12(14)8-10/h5-6,8H,3-4,7,9H2,1-2H3,(H,16,17). The largest absolute Gasteiger partial charge is 0.478 e. The lowest BCUT2D eigenvalue weighted by molar-refractivity contribution is 0.0692. The van der Waals surface area contributed by atoms with Crippen molar-refractivity contribution in [2.75, 3.05) is 13.1 Å². The molecule has 0 spiro atoms. The summed E-state index contributed by atoms with van der Waals surface area (Å²) in [6.45, 7) is 6.66. The normalized spacial score (nSPS) is 10.8. The zero-order chi connectivity index (χ0) is 12.8. The van der Waals surface area contributed by atoms with Crippen molar-refractivity contribution in [3.05, 3.63) is 35.1 Å². The van der Waals surface area contributed by atoms with Crippen LogP contribution in [0.2, 0.25) is 0 Å². The molecule has 1 rings (SSSR count). The molecule has 0 saturated heterocycles. The Morgan fingerprint density at radius 1 is 1.41 bits per heavy atom. The second-order valence-electron chi connectivity index (χ2n) is 3.99. The van der Waals surface area contributed by atoms with Crippen LogP contribution in [0, 0.1) is 5.82 Å². The van der Waals surface area contributed by atoms with Crippen LogP contribution in [0.15, 0.2) is 18.2 Å². The van der Waals surface area contributed by atoms with E-state index < -0.39 is 11.8 Å². The lowest BCUT2D eigenvalue weighted by Crippen LogP contribution is -2.23. The number of carboxylic acids is 1. The van der Waals surface area contributed by atoms with E-state index in [2.05, 4.69) is 18.7 Å². The van der Waals surface area contributed by atoms with Crippen LogP contribution in [-0.4, -0.2) is 29.1 Å². The van der Waals surface area contributed by atoms with E-state index in [9.17, 15) is 9.18 Å². The monoisotopic (exact) mass is 239 g/mol. The molecule has 1 aromatic rings. The Labute approximate surface area is 101 Å². The van der Waals surface area contributed by atoms with Gasteiger partial charge in [-0.2, -0.15) is 0 Å². The lowest BCUT2D eigenvalue weighted by Gasteiger charge is -2.19. The number of aromatic carboxylic acids is 1. The minimum Gasteiger partial charge on any atom is -0.478 e. The highest BCUT2D eigenvalue weighted by Gasteiger charge is 2.11. The molecule has 0 amide bonds. The molecule has 0 radical (unpaired) electrons. The molecule has 1 aromatic carbocycles. The van der Waals surface area contributed by atoms with Gasteiger partial charge in [0.1, 0.15) is 5.82 Å². The molecule has 3 nitrogen and oxygen atoms in total. The van der Waals surface area contributed by atoms with Gasteiger partial charge in [0.15, 0.2) is 0 Å². The van der Waals surface area contributed by atoms with Crippen LogP contribution in [-0.2, 0) is 6.54 Å². The van der Waals surface area contributed by atoms with E-state index in [0.29, 0.717) is 6.54 Å². The molecular weight excluding hydrogens is 221 g/mol. The number of hydrogen-bond acceptors (Lipinski definition) is 2. The quantitative estimate of drug-likeness (QED) is 0.829. The van der Waals surface area contributed by atoms with E-state index in [1.54, 1.807) is 6.07 Å². The first-order valence-electron chi connectivity index (χ1n) is 5.82. The third kappa shape index (κ3) is 3.82. The van der Waals surface area contributed by atoms with Gasteiger partial charge in [0.2, 0.25) is 0 Å². The van der Waals surface area contributed by atoms with Crippen molar-refractivity contribution in [2.45, 2.75) is 26.8 Å². The molecule has 0 bridgehead atoms. The van der Waals surface area contributed by atoms with Gasteiger partial charge in [-0.25, -0.2) is 9.18 Å². The van der Waals surface area contributed by atoms with Crippen molar-refractivity contribution in [1.29, 1.82) is 0 Å². The molecular formula is C13H18FNO2. The molecule has 1 N–H and O–H groups in total. The Bertz CT molecular complexity index is 393. The molecule has 0 aliphatic heterocycles. The Hall–Kier alpha value is -1.42. The summed E-state index contributed by atoms with van der Waals surface area (Å²) >= 11 is 0. The van der Waals surface area contributed by atoms with E-state index in [0.717, 1.165) is 25.1 Å². The van der Waals surface area contributed by atoms with E-state index in [1.807, 2.05) is 0 Å². The number of hydrogen-bond donors (Lipinski definition) is 1. The first-order chi connectivity index (χ1) is 8.08. The molecule has 0 aromatic heterocycles. The second kappa shape index (κ2) is 6.35. The maximum Gasteiger partial charge on any atom is 0.338 e. The Kier molecular flexibility index (Phi) is 5.10. The number of rotatable bonds is 6. The highest BCUT2D eigenvalue weighted by Crippen LogP contribution is 2.12. The van der Waals surface area contributed by atoms with Gasteiger partial charge < -0.3 is 5.11 Å². The summed E-state index contributed by atoms with van der Waals surface area (Å²) < 4.78 is 13.4. The van der Waals surface area contributed by atoms with Gasteiger partial charge in [-0.3, -0.25) is 4.90 Å². The molecule has 0 unspecified atom stereocenters. The predicted octanol–water partition coefficient (Wildman–Crippen LogP) is 2.76. The topological polar surface area (TPSA) is 40.5 Å². The van der Waals surface area contributed by atoms with Crippen LogP contribution in [0.3, 0.4) is 0 Å². The van der Waals surface area contributed by atoms with Crippen molar-refractivity contribution in [3.63, 3.8) is 0 Å². The summed E-state index contributed by atoms with van der Waals surface area (Å²) in [6.07, 6.45) is 1.05. The number of halogens is 1. The van der Waals surface area contributed by atoms with Crippen LogP contribution in [0.4, 0.5) is 4.39 Å². The van der Waals surface area contributed by atoms with Gasteiger partial charge in [-0.05, 0) is 37.2 Å². The maximum atomic E-state index is 13.4. The second-order valence-corrected chi connectivity index (χ2v) is 3.99. The van der Waals surface area contributed by atoms with E-state index in [4.69, 9.17) is 5.11 Å². The van der Waals surface area contributed by atoms with Gasteiger partial charge in [0.25, 0.3) is 0 Å². The average molecular weight is 239 g/mol. The molecule has 0 fully saturated rings. The highest BCUT2D eigenvalue weighted by atomic mass is 19.1. The first kappa shape index (κ1) is 13.6. The summed E-state index contributed by atoms with van der Waals surface area (Å²) in [5.74, 6) is -1.89. The van der Waals surface area contributed by atoms with Gasteiger partial charge in [0, 0.05) is 6.54 Å². The Morgan fingerprint density at radius 3 is 2.59 bits per heavy atom. The molecule has 0 saturated carbocycles. The van der Waals surface area contributed by atoms with Crippen LogP contribution < -0.4 is 0 Å². The van der Waals surface area contributed by atoms with Crippen molar-refractivity contribution < 1.29 is 14.3 Å². The fourth-order valence-corrected chi connectivity index (χ4v) is 1.75. The minimum atomic E-state index is -1.23. The van der Waals surface area contributed by atoms with Crippen LogP contribution in [0.1, 0.15) is 36.2 Å². The summed E-state index contributed by atoms with van der Waals surface area (Å²) in [5, 5.41) is 8.72. The molecule has 0 atom stereocenters. The van der Waals surface area contributed by atoms with Crippen molar-refractivity contribution in [3.8, 4) is 0 Å². The minimum absolute atomic E-state index is 0.271. The number of carbonyl (C=O) groups is 1. The molecule has 94 valence electrons. The third-order valence-corrected chi connectivity index (χ3v) is 2.66. The zero-order valence-corrected chi connectivity index (χ0v) is 10.2. The Balaban J connectivity index is 2.79. The maximum absolute atomic E-state index is 13.4. The molecule has 0 aliphatic carbocycles. The smallest absolute Gasteiger partial charge is 0.338 e. The summed E-state index contributed by atoms with van der Waals surface area (Å²) in [7, 11) is 0. The molecule has 4 heteroatoms. The van der Waals surface area contributed by atoms with Gasteiger partial charge >= 0.3 is 5.97 Å². The predicted molar refractivity (Wildman–Crippen MR) is 64.6 cm³/mol. The number of benzene rings is 1. The van der Waals surface area contributed by atoms with E-state index in [1.165, 1.54) is 12.1 Å². The summed E-state index contributed by atoms with van der Waals surface area (Å²) in [4.78, 5) is 12.9. The van der Waals surface area contributed by atoms with Crippen LogP contribution in [0.5, 0.6) is 0 Å². The van der Waals surface area contributed by atoms with Crippen molar-refractivity contribution in [2.24, 2.45) is 0 Å². The fourth-order valence-electron chi connectivity index (χ4n) is 1.75. The van der Waals surface area contributed by atoms with Crippen molar-refractivity contribution in [1.82, 2.24) is 4.90 Å². The number of nitrogens with zero attached hydrogens (tertiary/aromatic N) is 1. The van der Waals surface area contributed by atoms with Gasteiger partial charge in [-0.1, -0.05) is 19.9 Å². The Morgan fingerprint density at radius 2 is 2.12 bits per heavy atom. The third-order valence-electron chi connectivity index (χ3n) is 2.66. The fraction of sp³-hybridized carbons (Fsp3) is 0.462. The average Bonchev–Trinajstić information content (AvgIpc) is 2.28.